The van der Waals surface area contributed by atoms with E-state index in [0.29, 0.717) is 17.0 Å². The number of aromatic nitrogens is 3. The molecule has 23 heavy (non-hydrogen) atoms. The lowest BCUT2D eigenvalue weighted by Gasteiger charge is -2.34. The zero-order chi connectivity index (χ0) is 16.6. The van der Waals surface area contributed by atoms with Gasteiger partial charge in [-0.15, -0.1) is 0 Å². The van der Waals surface area contributed by atoms with E-state index in [1.54, 1.807) is 25.2 Å². The van der Waals surface area contributed by atoms with Gasteiger partial charge in [0.25, 0.3) is 5.91 Å². The van der Waals surface area contributed by atoms with E-state index in [1.165, 1.54) is 0 Å². The smallest absolute Gasteiger partial charge is 0.257 e. The van der Waals surface area contributed by atoms with Crippen molar-refractivity contribution in [3.05, 3.63) is 23.7 Å². The number of anilines is 1. The number of pyridine rings is 1. The predicted octanol–water partition coefficient (Wildman–Crippen LogP) is 0.787. The summed E-state index contributed by atoms with van der Waals surface area (Å²) in [6.45, 7) is 5.46. The minimum absolute atomic E-state index is 0.0473. The van der Waals surface area contributed by atoms with E-state index in [0.717, 1.165) is 37.4 Å². The Morgan fingerprint density at radius 1 is 1.17 bits per heavy atom. The van der Waals surface area contributed by atoms with Crippen LogP contribution in [0.25, 0.3) is 11.0 Å². The highest BCUT2D eigenvalue weighted by atomic mass is 16.2. The van der Waals surface area contributed by atoms with Gasteiger partial charge < -0.3 is 14.7 Å². The monoisotopic (exact) mass is 314 g/mol. The van der Waals surface area contributed by atoms with E-state index in [4.69, 9.17) is 4.98 Å². The van der Waals surface area contributed by atoms with Crippen LogP contribution in [0.15, 0.2) is 12.3 Å². The number of rotatable bonds is 2. The van der Waals surface area contributed by atoms with Gasteiger partial charge in [0, 0.05) is 51.9 Å². The van der Waals surface area contributed by atoms with Gasteiger partial charge in [-0.3, -0.25) is 4.79 Å². The summed E-state index contributed by atoms with van der Waals surface area (Å²) in [5, 5.41) is 0.790. The van der Waals surface area contributed by atoms with Gasteiger partial charge in [-0.05, 0) is 20.0 Å². The molecule has 7 nitrogen and oxygen atoms in total. The third-order valence-electron chi connectivity index (χ3n) is 4.11. The zero-order valence-electron chi connectivity index (χ0n) is 14.1. The van der Waals surface area contributed by atoms with Crippen molar-refractivity contribution < 1.29 is 4.79 Å². The molecule has 1 amide bonds. The van der Waals surface area contributed by atoms with E-state index in [2.05, 4.69) is 26.8 Å². The number of hydrogen-bond donors (Lipinski definition) is 0. The molecule has 0 saturated carbocycles. The molecule has 0 radical (unpaired) electrons. The van der Waals surface area contributed by atoms with Crippen LogP contribution in [-0.2, 0) is 0 Å². The van der Waals surface area contributed by atoms with Crippen molar-refractivity contribution in [3.63, 3.8) is 0 Å². The third-order valence-corrected chi connectivity index (χ3v) is 4.11. The second kappa shape index (κ2) is 6.08. The van der Waals surface area contributed by atoms with Crippen LogP contribution in [0.5, 0.6) is 0 Å². The van der Waals surface area contributed by atoms with E-state index < -0.39 is 0 Å². The minimum Gasteiger partial charge on any atom is -0.353 e. The summed E-state index contributed by atoms with van der Waals surface area (Å²) in [5.41, 5.74) is 1.25. The third kappa shape index (κ3) is 3.10. The summed E-state index contributed by atoms with van der Waals surface area (Å²) in [6.07, 6.45) is 1.73. The molecule has 2 aromatic heterocycles. The van der Waals surface area contributed by atoms with Crippen LogP contribution in [0.2, 0.25) is 0 Å². The second-order valence-corrected chi connectivity index (χ2v) is 6.18. The van der Waals surface area contributed by atoms with Crippen molar-refractivity contribution in [1.29, 1.82) is 0 Å². The first-order chi connectivity index (χ1) is 11.0. The number of piperazine rings is 1. The Bertz CT molecular complexity index is 737. The Hall–Kier alpha value is -2.28. The number of likely N-dealkylation sites (N-methyl/N-ethyl adjacent to an activating group) is 1. The Labute approximate surface area is 135 Å². The van der Waals surface area contributed by atoms with Crippen molar-refractivity contribution in [2.75, 3.05) is 52.2 Å². The number of nitrogens with zero attached hydrogens (tertiary/aromatic N) is 6. The first-order valence-corrected chi connectivity index (χ1v) is 7.75. The average molecular weight is 314 g/mol. The molecule has 1 fully saturated rings. The molecule has 0 aromatic carbocycles. The van der Waals surface area contributed by atoms with E-state index in [1.807, 2.05) is 13.0 Å². The lowest BCUT2D eigenvalue weighted by molar-refractivity contribution is 0.0828. The second-order valence-electron chi connectivity index (χ2n) is 6.18. The number of amides is 1. The molecule has 0 bridgehead atoms. The first kappa shape index (κ1) is 15.6. The molecular formula is C16H22N6O. The van der Waals surface area contributed by atoms with Crippen LogP contribution in [0.4, 0.5) is 5.82 Å². The van der Waals surface area contributed by atoms with Gasteiger partial charge in [0.1, 0.15) is 11.6 Å². The number of hydrogen-bond acceptors (Lipinski definition) is 6. The molecule has 1 aliphatic heterocycles. The Morgan fingerprint density at radius 2 is 1.87 bits per heavy atom. The quantitative estimate of drug-likeness (QED) is 0.816. The molecule has 3 heterocycles. The molecule has 0 aliphatic carbocycles. The Balaban J connectivity index is 2.11. The predicted molar refractivity (Wildman–Crippen MR) is 89.8 cm³/mol. The number of fused-ring (bicyclic) bond motifs is 1. The standard InChI is InChI=1S/C16H22N6O/c1-11-17-10-12-9-13(16(23)20(2)3)15(19-14(12)18-11)22-7-5-21(4)6-8-22/h9-10H,5-8H2,1-4H3. The first-order valence-electron chi connectivity index (χ1n) is 7.75. The summed E-state index contributed by atoms with van der Waals surface area (Å²) >= 11 is 0. The van der Waals surface area contributed by atoms with Crippen LogP contribution in [0, 0.1) is 6.92 Å². The van der Waals surface area contributed by atoms with E-state index in [-0.39, 0.29) is 5.91 Å². The molecule has 122 valence electrons. The lowest BCUT2D eigenvalue weighted by atomic mass is 10.1. The molecular weight excluding hydrogens is 292 g/mol. The van der Waals surface area contributed by atoms with E-state index >= 15 is 0 Å². The van der Waals surface area contributed by atoms with Crippen LogP contribution >= 0.6 is 0 Å². The molecule has 7 heteroatoms. The molecule has 2 aromatic rings. The zero-order valence-corrected chi connectivity index (χ0v) is 14.1. The van der Waals surface area contributed by atoms with Crippen LogP contribution < -0.4 is 4.90 Å². The number of carbonyl (C=O) groups excluding carboxylic acids is 1. The van der Waals surface area contributed by atoms with Gasteiger partial charge in [0.05, 0.1) is 5.56 Å². The van der Waals surface area contributed by atoms with Crippen molar-refractivity contribution in [1.82, 2.24) is 24.8 Å². The van der Waals surface area contributed by atoms with Crippen LogP contribution in [0.1, 0.15) is 16.2 Å². The Kier molecular flexibility index (Phi) is 4.12. The minimum atomic E-state index is -0.0473. The Morgan fingerprint density at radius 3 is 2.52 bits per heavy atom. The molecule has 0 atom stereocenters. The summed E-state index contributed by atoms with van der Waals surface area (Å²) in [5.74, 6) is 1.36. The summed E-state index contributed by atoms with van der Waals surface area (Å²) in [7, 11) is 5.62. The van der Waals surface area contributed by atoms with Crippen molar-refractivity contribution >= 4 is 22.8 Å². The fourth-order valence-corrected chi connectivity index (χ4v) is 2.70. The molecule has 1 aliphatic rings. The van der Waals surface area contributed by atoms with Crippen molar-refractivity contribution in [2.45, 2.75) is 6.92 Å². The highest BCUT2D eigenvalue weighted by Gasteiger charge is 2.23. The maximum absolute atomic E-state index is 12.6. The maximum Gasteiger partial charge on any atom is 0.257 e. The molecule has 3 rings (SSSR count). The van der Waals surface area contributed by atoms with Gasteiger partial charge in [0.2, 0.25) is 0 Å². The van der Waals surface area contributed by atoms with E-state index in [9.17, 15) is 4.79 Å². The van der Waals surface area contributed by atoms with Crippen molar-refractivity contribution in [2.24, 2.45) is 0 Å². The normalized spacial score (nSPS) is 15.9. The van der Waals surface area contributed by atoms with Gasteiger partial charge in [-0.1, -0.05) is 0 Å². The van der Waals surface area contributed by atoms with Gasteiger partial charge in [-0.2, -0.15) is 0 Å². The summed E-state index contributed by atoms with van der Waals surface area (Å²) in [4.78, 5) is 31.9. The van der Waals surface area contributed by atoms with Crippen LogP contribution in [0.3, 0.4) is 0 Å². The largest absolute Gasteiger partial charge is 0.353 e. The SMILES string of the molecule is Cc1ncc2cc(C(=O)N(C)C)c(N3CCN(C)CC3)nc2n1. The highest BCUT2D eigenvalue weighted by Crippen LogP contribution is 2.24. The van der Waals surface area contributed by atoms with Crippen molar-refractivity contribution in [3.8, 4) is 0 Å². The fourth-order valence-electron chi connectivity index (χ4n) is 2.70. The number of carbonyl (C=O) groups is 1. The van der Waals surface area contributed by atoms with Gasteiger partial charge in [-0.25, -0.2) is 15.0 Å². The average Bonchev–Trinajstić information content (AvgIpc) is 2.53. The number of aryl methyl sites for hydroxylation is 1. The molecule has 0 spiro atoms. The molecule has 0 N–H and O–H groups in total. The summed E-state index contributed by atoms with van der Waals surface area (Å²) in [6, 6.07) is 1.86. The molecule has 0 unspecified atom stereocenters. The fraction of sp³-hybridized carbons (Fsp3) is 0.500. The van der Waals surface area contributed by atoms with Gasteiger partial charge in [0.15, 0.2) is 5.65 Å². The topological polar surface area (TPSA) is 65.5 Å². The van der Waals surface area contributed by atoms with Crippen LogP contribution in [-0.4, -0.2) is 78.0 Å². The lowest BCUT2D eigenvalue weighted by Crippen LogP contribution is -2.45. The van der Waals surface area contributed by atoms with Gasteiger partial charge >= 0.3 is 0 Å². The highest BCUT2D eigenvalue weighted by molar-refractivity contribution is 6.01. The molecule has 1 saturated heterocycles. The maximum atomic E-state index is 12.6. The summed E-state index contributed by atoms with van der Waals surface area (Å²) < 4.78 is 0.